The Morgan fingerprint density at radius 1 is 1.80 bits per heavy atom. The number of nitrogens with two attached hydrogens (primary N) is 1. The predicted octanol–water partition coefficient (Wildman–Crippen LogP) is 0.0323. The molecule has 6 heteroatoms. The summed E-state index contributed by atoms with van der Waals surface area (Å²) in [7, 11) is 0. The van der Waals surface area contributed by atoms with E-state index in [-0.39, 0.29) is 5.69 Å². The topological polar surface area (TPSA) is 69.2 Å². The van der Waals surface area contributed by atoms with Crippen LogP contribution in [0.3, 0.4) is 0 Å². The summed E-state index contributed by atoms with van der Waals surface area (Å²) in [4.78, 5) is 9.84. The molecule has 10 heavy (non-hydrogen) atoms. The van der Waals surface area contributed by atoms with Crippen molar-refractivity contribution in [3.63, 3.8) is 0 Å². The Balaban J connectivity index is 3.23. The summed E-state index contributed by atoms with van der Waals surface area (Å²) < 4.78 is 0.794. The molecule has 0 aliphatic rings. The second-order valence-corrected chi connectivity index (χ2v) is 4.66. The van der Waals surface area contributed by atoms with E-state index in [1.54, 1.807) is 5.38 Å². The quantitative estimate of drug-likeness (QED) is 0.363. The molecule has 1 aromatic rings. The normalized spacial score (nSPS) is 9.80. The van der Waals surface area contributed by atoms with Gasteiger partial charge < -0.3 is 0 Å². The summed E-state index contributed by atoms with van der Waals surface area (Å²) in [6.45, 7) is 0. The number of hydrogen-bond donors (Lipinski definition) is 1. The van der Waals surface area contributed by atoms with E-state index in [0.717, 1.165) is 2.13 Å². The van der Waals surface area contributed by atoms with Gasteiger partial charge in [0.05, 0.1) is 0 Å². The maximum atomic E-state index is 10.3. The Labute approximate surface area is 78.6 Å². The van der Waals surface area contributed by atoms with Crippen molar-refractivity contribution in [1.82, 2.24) is 0 Å². The predicted molar refractivity (Wildman–Crippen MR) is 40.8 cm³/mol. The molecule has 0 amide bonds. The number of thiophene rings is 1. The zero-order chi connectivity index (χ0) is 7.72. The molecule has 0 aliphatic heterocycles. The second-order valence-electron chi connectivity index (χ2n) is 1.85. The minimum atomic E-state index is -0.422. The van der Waals surface area contributed by atoms with Crippen molar-refractivity contribution in [2.24, 2.45) is 0 Å². The minimum absolute atomic E-state index is 0.108. The van der Waals surface area contributed by atoms with Gasteiger partial charge in [0.25, 0.3) is 0 Å². The molecule has 4 nitrogen and oxygen atoms in total. The van der Waals surface area contributed by atoms with E-state index < -0.39 is 4.92 Å². The molecule has 0 saturated heterocycles. The first-order valence-corrected chi connectivity index (χ1v) is 4.49. The van der Waals surface area contributed by atoms with Gasteiger partial charge in [-0.2, -0.15) is 0 Å². The molecule has 1 heterocycles. The molecule has 2 N–H and O–H groups in total. The molecule has 0 unspecified atom stereocenters. The van der Waals surface area contributed by atoms with Gasteiger partial charge in [-0.15, -0.1) is 0 Å². The van der Waals surface area contributed by atoms with Crippen LogP contribution in [0, 0.1) is 10.1 Å². The van der Waals surface area contributed by atoms with Crippen LogP contribution < -0.4 is 7.86 Å². The van der Waals surface area contributed by atoms with E-state index in [9.17, 15) is 10.1 Å². The summed E-state index contributed by atoms with van der Waals surface area (Å²) in [5.74, 6) is 0. The van der Waals surface area contributed by atoms with Crippen molar-refractivity contribution in [2.45, 2.75) is 0 Å². The van der Waals surface area contributed by atoms with Crippen LogP contribution in [0.15, 0.2) is 5.38 Å². The van der Waals surface area contributed by atoms with E-state index >= 15 is 0 Å². The van der Waals surface area contributed by atoms with Gasteiger partial charge in [0.2, 0.25) is 0 Å². The van der Waals surface area contributed by atoms with Crippen LogP contribution in [0.1, 0.15) is 0 Å². The fraction of sp³-hybridized carbons (Fsp3) is 0. The molecule has 0 fully saturated rings. The Morgan fingerprint density at radius 2 is 2.40 bits per heavy atom. The molecule has 1 rings (SSSR count). The first-order chi connectivity index (χ1) is 4.63. The Bertz CT molecular complexity index is 253. The van der Waals surface area contributed by atoms with Gasteiger partial charge in [-0.05, 0) is 0 Å². The number of rotatable bonds is 1. The monoisotopic (exact) mass is 166 g/mol. The molecule has 1 aromatic heterocycles. The summed E-state index contributed by atoms with van der Waals surface area (Å²) in [5.41, 5.74) is 5.73. The number of hydrogen-bond acceptors (Lipinski definition) is 4. The van der Waals surface area contributed by atoms with Crippen LogP contribution in [0.2, 0.25) is 0 Å². The molecule has 0 saturated carbocycles. The first-order valence-electron chi connectivity index (χ1n) is 2.61. The van der Waals surface area contributed by atoms with Crippen molar-refractivity contribution in [1.29, 1.82) is 0 Å². The number of anilines is 1. The molecule has 0 bridgehead atoms. The van der Waals surface area contributed by atoms with E-state index in [1.165, 1.54) is 11.3 Å². The van der Waals surface area contributed by atoms with Crippen molar-refractivity contribution in [3.8, 4) is 0 Å². The van der Waals surface area contributed by atoms with Crippen molar-refractivity contribution in [2.75, 3.05) is 5.73 Å². The third kappa shape index (κ3) is 1.32. The Kier molecular flexibility index (Phi) is 2.30. The van der Waals surface area contributed by atoms with Crippen LogP contribution in [-0.4, -0.2) is 32.9 Å². The molecule has 0 spiro atoms. The van der Waals surface area contributed by atoms with Crippen LogP contribution in [0.25, 0.3) is 0 Å². The third-order valence-electron chi connectivity index (χ3n) is 1.15. The molecule has 0 atom stereocenters. The van der Waals surface area contributed by atoms with Crippen LogP contribution >= 0.6 is 11.3 Å². The van der Waals surface area contributed by atoms with Crippen molar-refractivity contribution in [3.05, 3.63) is 15.5 Å². The second kappa shape index (κ2) is 2.87. The average Bonchev–Trinajstić information content (AvgIpc) is 2.11. The van der Waals surface area contributed by atoms with E-state index in [2.05, 4.69) is 0 Å². The summed E-state index contributed by atoms with van der Waals surface area (Å²) in [6.07, 6.45) is 0. The third-order valence-corrected chi connectivity index (χ3v) is 3.25. The van der Waals surface area contributed by atoms with Gasteiger partial charge in [0.1, 0.15) is 0 Å². The summed E-state index contributed by atoms with van der Waals surface area (Å²) in [5, 5.41) is 11.9. The van der Waals surface area contributed by atoms with Gasteiger partial charge in [-0.1, -0.05) is 0 Å². The maximum absolute atomic E-state index is 10.3. The first kappa shape index (κ1) is 8.00. The van der Waals surface area contributed by atoms with E-state index in [1.807, 2.05) is 0 Å². The standard InChI is InChI=1S/C4H3N2O2S.Na/c5-3-1-9-2-4(3)6(7)8;/h1H,5H2;. The number of nitrogen functional groups attached to an aromatic ring is 1. The molecular weight excluding hydrogens is 163 g/mol. The number of nitrogens with zero attached hydrogens (tertiary/aromatic N) is 1. The van der Waals surface area contributed by atoms with Gasteiger partial charge in [0, 0.05) is 0 Å². The van der Waals surface area contributed by atoms with Gasteiger partial charge in [-0.25, -0.2) is 0 Å². The molecule has 48 valence electrons. The van der Waals surface area contributed by atoms with E-state index in [0.29, 0.717) is 33.6 Å². The summed E-state index contributed by atoms with van der Waals surface area (Å²) >= 11 is 2.05. The average molecular weight is 166 g/mol. The summed E-state index contributed by atoms with van der Waals surface area (Å²) in [6, 6.07) is 0. The van der Waals surface area contributed by atoms with Crippen molar-refractivity contribution < 1.29 is 4.92 Å². The molecule has 0 aliphatic carbocycles. The SMILES string of the molecule is Nc1cs[c]([Na])c1[N+](=O)[O-]. The molecule has 0 radical (unpaired) electrons. The zero-order valence-corrected chi connectivity index (χ0v) is 8.14. The zero-order valence-electron chi connectivity index (χ0n) is 5.33. The van der Waals surface area contributed by atoms with Crippen LogP contribution in [0.5, 0.6) is 0 Å². The van der Waals surface area contributed by atoms with Crippen molar-refractivity contribution >= 4 is 52.8 Å². The van der Waals surface area contributed by atoms with Crippen LogP contribution in [-0.2, 0) is 0 Å². The van der Waals surface area contributed by atoms with Crippen LogP contribution in [0.4, 0.5) is 11.4 Å². The number of nitro groups is 1. The van der Waals surface area contributed by atoms with Gasteiger partial charge >= 0.3 is 78.9 Å². The van der Waals surface area contributed by atoms with Gasteiger partial charge in [-0.3, -0.25) is 0 Å². The fourth-order valence-corrected chi connectivity index (χ4v) is 2.24. The van der Waals surface area contributed by atoms with Gasteiger partial charge in [0.15, 0.2) is 0 Å². The fourth-order valence-electron chi connectivity index (χ4n) is 0.701. The Morgan fingerprint density at radius 3 is 2.60 bits per heavy atom. The van der Waals surface area contributed by atoms with E-state index in [4.69, 9.17) is 5.73 Å². The Hall–Kier alpha value is -0.100. The molecule has 0 aromatic carbocycles. The molecular formula is C4H3N2NaO2S.